The minimum Gasteiger partial charge on any atom is -0.462 e. The summed E-state index contributed by atoms with van der Waals surface area (Å²) in [6.45, 7) is 2.57. The number of unbranched alkanes of at least 4 members (excludes halogenated alkanes) is 3. The van der Waals surface area contributed by atoms with Gasteiger partial charge in [-0.25, -0.2) is 14.8 Å². The summed E-state index contributed by atoms with van der Waals surface area (Å²) < 4.78 is 7.62. The SMILES string of the molecule is CCCCCCOC(=O)c1c(N)n(C2CCCCC2)c2nc3ccccc3nc12. The highest BCUT2D eigenvalue weighted by molar-refractivity contribution is 6.08. The van der Waals surface area contributed by atoms with Gasteiger partial charge in [0, 0.05) is 6.04 Å². The molecule has 29 heavy (non-hydrogen) atoms. The lowest BCUT2D eigenvalue weighted by Gasteiger charge is -2.24. The van der Waals surface area contributed by atoms with Crippen molar-refractivity contribution in [1.29, 1.82) is 0 Å². The molecular formula is C23H30N4O2. The average molecular weight is 395 g/mol. The summed E-state index contributed by atoms with van der Waals surface area (Å²) in [5.41, 5.74) is 9.76. The van der Waals surface area contributed by atoms with Crippen molar-refractivity contribution in [2.45, 2.75) is 70.8 Å². The second-order valence-corrected chi connectivity index (χ2v) is 8.00. The largest absolute Gasteiger partial charge is 0.462 e. The van der Waals surface area contributed by atoms with Gasteiger partial charge in [0.2, 0.25) is 0 Å². The number of carbonyl (C=O) groups is 1. The molecule has 1 aliphatic rings. The summed E-state index contributed by atoms with van der Waals surface area (Å²) >= 11 is 0. The van der Waals surface area contributed by atoms with Crippen LogP contribution in [0.25, 0.3) is 22.2 Å². The topological polar surface area (TPSA) is 83.0 Å². The summed E-state index contributed by atoms with van der Waals surface area (Å²) in [7, 11) is 0. The number of hydrogen-bond acceptors (Lipinski definition) is 5. The molecule has 2 aromatic heterocycles. The number of fused-ring (bicyclic) bond motifs is 2. The molecule has 0 bridgehead atoms. The Labute approximate surface area is 171 Å². The van der Waals surface area contributed by atoms with Crippen LogP contribution in [0.4, 0.5) is 5.82 Å². The predicted octanol–water partition coefficient (Wildman–Crippen LogP) is 5.41. The predicted molar refractivity (Wildman–Crippen MR) is 116 cm³/mol. The fourth-order valence-electron chi connectivity index (χ4n) is 4.36. The molecule has 1 fully saturated rings. The van der Waals surface area contributed by atoms with Gasteiger partial charge in [0.15, 0.2) is 5.65 Å². The maximum absolute atomic E-state index is 13.0. The number of hydrogen-bond donors (Lipinski definition) is 1. The Balaban J connectivity index is 1.75. The van der Waals surface area contributed by atoms with Gasteiger partial charge in [-0.15, -0.1) is 0 Å². The third kappa shape index (κ3) is 3.93. The van der Waals surface area contributed by atoms with E-state index in [1.54, 1.807) is 0 Å². The number of esters is 1. The summed E-state index contributed by atoms with van der Waals surface area (Å²) in [4.78, 5) is 22.6. The van der Waals surface area contributed by atoms with E-state index in [0.29, 0.717) is 29.2 Å². The zero-order valence-electron chi connectivity index (χ0n) is 17.2. The Morgan fingerprint density at radius 1 is 1.10 bits per heavy atom. The first-order valence-corrected chi connectivity index (χ1v) is 10.9. The van der Waals surface area contributed by atoms with Crippen molar-refractivity contribution in [3.05, 3.63) is 29.8 Å². The first kappa shape index (κ1) is 19.7. The van der Waals surface area contributed by atoms with Crippen LogP contribution in [0.2, 0.25) is 0 Å². The van der Waals surface area contributed by atoms with Crippen LogP contribution in [-0.4, -0.2) is 27.1 Å². The standard InChI is InChI=1S/C23H30N4O2/c1-2-3-4-10-15-29-23(28)19-20-22(26-18-14-9-8-13-17(18)25-20)27(21(19)24)16-11-6-5-7-12-16/h8-9,13-14,16H,2-7,10-12,15,24H2,1H3. The van der Waals surface area contributed by atoms with Crippen LogP contribution in [0.5, 0.6) is 0 Å². The van der Waals surface area contributed by atoms with Gasteiger partial charge in [-0.05, 0) is 31.4 Å². The van der Waals surface area contributed by atoms with E-state index in [0.717, 1.165) is 49.6 Å². The number of para-hydroxylation sites is 2. The molecule has 1 aromatic carbocycles. The quantitative estimate of drug-likeness (QED) is 0.428. The van der Waals surface area contributed by atoms with E-state index in [-0.39, 0.29) is 12.0 Å². The second-order valence-electron chi connectivity index (χ2n) is 8.00. The smallest absolute Gasteiger partial charge is 0.344 e. The highest BCUT2D eigenvalue weighted by Gasteiger charge is 2.29. The molecule has 0 unspecified atom stereocenters. The van der Waals surface area contributed by atoms with Crippen molar-refractivity contribution < 1.29 is 9.53 Å². The van der Waals surface area contributed by atoms with E-state index in [2.05, 4.69) is 6.92 Å². The number of benzene rings is 1. The number of aromatic nitrogens is 3. The molecule has 2 heterocycles. The molecule has 0 saturated heterocycles. The molecule has 154 valence electrons. The van der Waals surface area contributed by atoms with Crippen LogP contribution in [0, 0.1) is 0 Å². The zero-order valence-corrected chi connectivity index (χ0v) is 17.2. The van der Waals surface area contributed by atoms with Crippen LogP contribution in [0.15, 0.2) is 24.3 Å². The maximum atomic E-state index is 13.0. The van der Waals surface area contributed by atoms with Crippen LogP contribution in [0.3, 0.4) is 0 Å². The Bertz CT molecular complexity index is 1000. The number of nitrogen functional groups attached to an aromatic ring is 1. The van der Waals surface area contributed by atoms with Gasteiger partial charge in [-0.1, -0.05) is 57.6 Å². The summed E-state index contributed by atoms with van der Waals surface area (Å²) in [6.07, 6.45) is 9.92. The van der Waals surface area contributed by atoms with Crippen LogP contribution < -0.4 is 5.73 Å². The monoisotopic (exact) mass is 394 g/mol. The van der Waals surface area contributed by atoms with Crippen molar-refractivity contribution >= 4 is 34.0 Å². The van der Waals surface area contributed by atoms with Crippen molar-refractivity contribution in [3.63, 3.8) is 0 Å². The molecule has 0 atom stereocenters. The maximum Gasteiger partial charge on any atom is 0.344 e. The molecular weight excluding hydrogens is 364 g/mol. The Kier molecular flexibility index (Phi) is 5.97. The summed E-state index contributed by atoms with van der Waals surface area (Å²) in [5.74, 6) is 0.0592. The van der Waals surface area contributed by atoms with Crippen molar-refractivity contribution in [2.75, 3.05) is 12.3 Å². The van der Waals surface area contributed by atoms with Crippen molar-refractivity contribution in [3.8, 4) is 0 Å². The minimum atomic E-state index is -0.386. The molecule has 1 aliphatic carbocycles. The van der Waals surface area contributed by atoms with Crippen LogP contribution >= 0.6 is 0 Å². The van der Waals surface area contributed by atoms with Gasteiger partial charge in [-0.3, -0.25) is 0 Å². The van der Waals surface area contributed by atoms with Gasteiger partial charge >= 0.3 is 5.97 Å². The molecule has 4 rings (SSSR count). The lowest BCUT2D eigenvalue weighted by atomic mass is 9.95. The molecule has 6 heteroatoms. The Morgan fingerprint density at radius 3 is 2.55 bits per heavy atom. The fraction of sp³-hybridized carbons (Fsp3) is 0.522. The zero-order chi connectivity index (χ0) is 20.2. The molecule has 0 radical (unpaired) electrons. The minimum absolute atomic E-state index is 0.257. The summed E-state index contributed by atoms with van der Waals surface area (Å²) in [6, 6.07) is 7.99. The van der Waals surface area contributed by atoms with Crippen molar-refractivity contribution in [2.24, 2.45) is 0 Å². The van der Waals surface area contributed by atoms with Gasteiger partial charge < -0.3 is 15.0 Å². The summed E-state index contributed by atoms with van der Waals surface area (Å²) in [5, 5.41) is 0. The van der Waals surface area contributed by atoms with Gasteiger partial charge in [0.25, 0.3) is 0 Å². The average Bonchev–Trinajstić information content (AvgIpc) is 3.03. The highest BCUT2D eigenvalue weighted by Crippen LogP contribution is 2.37. The molecule has 3 aromatic rings. The number of ether oxygens (including phenoxy) is 1. The first-order chi connectivity index (χ1) is 14.2. The number of nitrogens with zero attached hydrogens (tertiary/aromatic N) is 3. The molecule has 6 nitrogen and oxygen atoms in total. The van der Waals surface area contributed by atoms with E-state index in [9.17, 15) is 4.79 Å². The Morgan fingerprint density at radius 2 is 1.83 bits per heavy atom. The molecule has 1 saturated carbocycles. The number of rotatable bonds is 7. The van der Waals surface area contributed by atoms with Gasteiger partial charge in [0.1, 0.15) is 16.9 Å². The van der Waals surface area contributed by atoms with E-state index < -0.39 is 0 Å². The van der Waals surface area contributed by atoms with Crippen LogP contribution in [-0.2, 0) is 4.74 Å². The fourth-order valence-corrected chi connectivity index (χ4v) is 4.36. The van der Waals surface area contributed by atoms with E-state index in [4.69, 9.17) is 20.4 Å². The molecule has 2 N–H and O–H groups in total. The normalized spacial score (nSPS) is 15.2. The van der Waals surface area contributed by atoms with Gasteiger partial charge in [-0.2, -0.15) is 0 Å². The van der Waals surface area contributed by atoms with Gasteiger partial charge in [0.05, 0.1) is 17.6 Å². The van der Waals surface area contributed by atoms with E-state index >= 15 is 0 Å². The number of nitrogens with two attached hydrogens (primary N) is 1. The third-order valence-electron chi connectivity index (χ3n) is 5.91. The highest BCUT2D eigenvalue weighted by atomic mass is 16.5. The second kappa shape index (κ2) is 8.80. The molecule has 0 spiro atoms. The van der Waals surface area contributed by atoms with E-state index in [1.165, 1.54) is 19.3 Å². The number of anilines is 1. The van der Waals surface area contributed by atoms with Crippen LogP contribution in [0.1, 0.15) is 81.1 Å². The molecule has 0 aliphatic heterocycles. The lowest BCUT2D eigenvalue weighted by molar-refractivity contribution is 0.0501. The Hall–Kier alpha value is -2.63. The van der Waals surface area contributed by atoms with Crippen molar-refractivity contribution in [1.82, 2.24) is 14.5 Å². The van der Waals surface area contributed by atoms with E-state index in [1.807, 2.05) is 28.8 Å². The number of carbonyl (C=O) groups excluding carboxylic acids is 1. The first-order valence-electron chi connectivity index (χ1n) is 10.9. The lowest BCUT2D eigenvalue weighted by Crippen LogP contribution is -2.16. The molecule has 0 amide bonds. The third-order valence-corrected chi connectivity index (χ3v) is 5.91.